The summed E-state index contributed by atoms with van der Waals surface area (Å²) in [5.74, 6) is -0.164. The summed E-state index contributed by atoms with van der Waals surface area (Å²) < 4.78 is 1.86. The predicted molar refractivity (Wildman–Crippen MR) is 76.4 cm³/mol. The van der Waals surface area contributed by atoms with Crippen molar-refractivity contribution in [1.82, 2.24) is 19.7 Å². The molecule has 2 rings (SSSR count). The van der Waals surface area contributed by atoms with Crippen LogP contribution in [-0.2, 0) is 17.8 Å². The maximum atomic E-state index is 11.2. The molecule has 0 radical (unpaired) electrons. The summed E-state index contributed by atoms with van der Waals surface area (Å²) in [6, 6.07) is 0. The highest BCUT2D eigenvalue weighted by Gasteiger charge is 2.14. The lowest BCUT2D eigenvalue weighted by atomic mass is 10.3. The lowest BCUT2D eigenvalue weighted by Crippen LogP contribution is -2.09. The predicted octanol–water partition coefficient (Wildman–Crippen LogP) is 1.21. The zero-order chi connectivity index (χ0) is 14.5. The highest BCUT2D eigenvalue weighted by molar-refractivity contribution is 7.99. The molecule has 20 heavy (non-hydrogen) atoms. The number of aliphatic carboxylic acids is 1. The topological polar surface area (TPSA) is 101 Å². The Morgan fingerprint density at radius 3 is 2.95 bits per heavy atom. The molecule has 2 aromatic rings. The van der Waals surface area contributed by atoms with E-state index in [-0.39, 0.29) is 10.6 Å². The quantitative estimate of drug-likeness (QED) is 0.745. The molecular weight excluding hydrogens is 300 g/mol. The van der Waals surface area contributed by atoms with Crippen LogP contribution in [0.3, 0.4) is 0 Å². The Morgan fingerprint density at radius 1 is 1.55 bits per heavy atom. The van der Waals surface area contributed by atoms with E-state index in [1.807, 2.05) is 11.5 Å². The van der Waals surface area contributed by atoms with E-state index in [1.54, 1.807) is 5.38 Å². The van der Waals surface area contributed by atoms with Crippen molar-refractivity contribution >= 4 is 29.1 Å². The van der Waals surface area contributed by atoms with E-state index in [2.05, 4.69) is 15.2 Å². The van der Waals surface area contributed by atoms with E-state index in [0.29, 0.717) is 11.7 Å². The van der Waals surface area contributed by atoms with Gasteiger partial charge in [0.05, 0.1) is 12.3 Å². The third-order valence-electron chi connectivity index (χ3n) is 2.49. The number of carboxylic acids is 1. The molecule has 7 nitrogen and oxygen atoms in total. The van der Waals surface area contributed by atoms with Crippen LogP contribution in [0.1, 0.15) is 24.9 Å². The minimum Gasteiger partial charge on any atom is -0.481 e. The standard InChI is InChI=1S/C11H14N4O3S2/c1-2-3-8-13-14-10(19-6-9(16)17)15(8)4-7-5-20-11(18)12-7/h5H,2-4,6H2,1H3,(H,12,18)(H,16,17). The minimum absolute atomic E-state index is 0.0651. The molecule has 2 heterocycles. The van der Waals surface area contributed by atoms with Crippen LogP contribution in [0, 0.1) is 0 Å². The Hall–Kier alpha value is -1.61. The molecule has 0 saturated carbocycles. The Kier molecular flexibility index (Phi) is 4.96. The number of rotatable bonds is 7. The van der Waals surface area contributed by atoms with Crippen LogP contribution >= 0.6 is 23.1 Å². The van der Waals surface area contributed by atoms with E-state index in [0.717, 1.165) is 47.5 Å². The van der Waals surface area contributed by atoms with Crippen molar-refractivity contribution in [3.8, 4) is 0 Å². The van der Waals surface area contributed by atoms with Gasteiger partial charge < -0.3 is 10.1 Å². The van der Waals surface area contributed by atoms with Gasteiger partial charge in [-0.25, -0.2) is 0 Å². The van der Waals surface area contributed by atoms with Crippen LogP contribution in [0.5, 0.6) is 0 Å². The Morgan fingerprint density at radius 2 is 2.35 bits per heavy atom. The van der Waals surface area contributed by atoms with Gasteiger partial charge in [-0.2, -0.15) is 0 Å². The number of aromatic nitrogens is 4. The number of nitrogens with zero attached hydrogens (tertiary/aromatic N) is 3. The van der Waals surface area contributed by atoms with Gasteiger partial charge in [-0.15, -0.1) is 10.2 Å². The van der Waals surface area contributed by atoms with Gasteiger partial charge in [-0.05, 0) is 6.42 Å². The summed E-state index contributed by atoms with van der Waals surface area (Å²) in [6.45, 7) is 2.48. The summed E-state index contributed by atoms with van der Waals surface area (Å²) in [5.41, 5.74) is 0.773. The fourth-order valence-corrected chi connectivity index (χ4v) is 2.93. The highest BCUT2D eigenvalue weighted by Crippen LogP contribution is 2.19. The van der Waals surface area contributed by atoms with Gasteiger partial charge in [-0.3, -0.25) is 14.2 Å². The maximum absolute atomic E-state index is 11.2. The van der Waals surface area contributed by atoms with E-state index >= 15 is 0 Å². The molecule has 0 aliphatic rings. The maximum Gasteiger partial charge on any atom is 0.313 e. The van der Waals surface area contributed by atoms with Gasteiger partial charge in [0.2, 0.25) is 0 Å². The molecule has 9 heteroatoms. The molecule has 0 aliphatic heterocycles. The van der Waals surface area contributed by atoms with Gasteiger partial charge in [0.15, 0.2) is 5.16 Å². The summed E-state index contributed by atoms with van der Waals surface area (Å²) in [4.78, 5) is 24.5. The molecule has 2 N–H and O–H groups in total. The number of thiazole rings is 1. The fraction of sp³-hybridized carbons (Fsp3) is 0.455. The van der Waals surface area contributed by atoms with E-state index < -0.39 is 5.97 Å². The first-order valence-electron chi connectivity index (χ1n) is 6.03. The molecule has 0 atom stereocenters. The minimum atomic E-state index is -0.898. The third-order valence-corrected chi connectivity index (χ3v) is 4.16. The summed E-state index contributed by atoms with van der Waals surface area (Å²) in [5, 5.41) is 19.2. The number of carboxylic acid groups (broad SMARTS) is 1. The fourth-order valence-electron chi connectivity index (χ4n) is 1.68. The molecule has 2 aromatic heterocycles. The van der Waals surface area contributed by atoms with Crippen LogP contribution in [0.25, 0.3) is 0 Å². The number of hydrogen-bond acceptors (Lipinski definition) is 6. The Balaban J connectivity index is 2.23. The number of aryl methyl sites for hydroxylation is 1. The molecule has 0 fully saturated rings. The van der Waals surface area contributed by atoms with Gasteiger partial charge in [0.1, 0.15) is 5.82 Å². The Bertz CT molecular complexity index is 646. The SMILES string of the molecule is CCCc1nnc(SCC(=O)O)n1Cc1csc(=O)[nH]1. The normalized spacial score (nSPS) is 10.8. The third kappa shape index (κ3) is 3.70. The monoisotopic (exact) mass is 314 g/mol. The van der Waals surface area contributed by atoms with Crippen LogP contribution in [-0.4, -0.2) is 36.6 Å². The largest absolute Gasteiger partial charge is 0.481 e. The molecule has 0 aliphatic carbocycles. The zero-order valence-corrected chi connectivity index (χ0v) is 12.5. The summed E-state index contributed by atoms with van der Waals surface area (Å²) in [7, 11) is 0. The average Bonchev–Trinajstić information content (AvgIpc) is 2.96. The first-order valence-corrected chi connectivity index (χ1v) is 7.90. The van der Waals surface area contributed by atoms with Crippen molar-refractivity contribution in [3.05, 3.63) is 26.6 Å². The van der Waals surface area contributed by atoms with Crippen LogP contribution in [0.15, 0.2) is 15.3 Å². The van der Waals surface area contributed by atoms with E-state index in [9.17, 15) is 9.59 Å². The van der Waals surface area contributed by atoms with Gasteiger partial charge in [-0.1, -0.05) is 30.0 Å². The van der Waals surface area contributed by atoms with Gasteiger partial charge >= 0.3 is 10.8 Å². The van der Waals surface area contributed by atoms with Crippen LogP contribution in [0.4, 0.5) is 0 Å². The van der Waals surface area contributed by atoms with Crippen molar-refractivity contribution < 1.29 is 9.90 Å². The van der Waals surface area contributed by atoms with Crippen LogP contribution in [0.2, 0.25) is 0 Å². The molecule has 0 saturated heterocycles. The molecule has 0 spiro atoms. The van der Waals surface area contributed by atoms with Crippen molar-refractivity contribution in [2.24, 2.45) is 0 Å². The number of nitrogens with one attached hydrogen (secondary N) is 1. The number of aromatic amines is 1. The first kappa shape index (κ1) is 14.8. The average molecular weight is 314 g/mol. The number of thioether (sulfide) groups is 1. The van der Waals surface area contributed by atoms with E-state index in [4.69, 9.17) is 5.11 Å². The second kappa shape index (κ2) is 6.71. The van der Waals surface area contributed by atoms with E-state index in [1.165, 1.54) is 0 Å². The number of H-pyrrole nitrogens is 1. The summed E-state index contributed by atoms with van der Waals surface area (Å²) in [6.07, 6.45) is 1.68. The first-order chi connectivity index (χ1) is 9.60. The smallest absolute Gasteiger partial charge is 0.313 e. The number of hydrogen-bond donors (Lipinski definition) is 2. The summed E-state index contributed by atoms with van der Waals surface area (Å²) >= 11 is 2.23. The molecule has 0 bridgehead atoms. The van der Waals surface area contributed by atoms with Crippen molar-refractivity contribution in [2.75, 3.05) is 5.75 Å². The molecule has 0 unspecified atom stereocenters. The number of carbonyl (C=O) groups is 1. The molecular formula is C11H14N4O3S2. The van der Waals surface area contributed by atoms with Gasteiger partial charge in [0.25, 0.3) is 0 Å². The Labute approximate surface area is 123 Å². The highest BCUT2D eigenvalue weighted by atomic mass is 32.2. The van der Waals surface area contributed by atoms with Crippen molar-refractivity contribution in [1.29, 1.82) is 0 Å². The molecule has 108 valence electrons. The zero-order valence-electron chi connectivity index (χ0n) is 10.8. The van der Waals surface area contributed by atoms with Crippen LogP contribution < -0.4 is 4.87 Å². The lowest BCUT2D eigenvalue weighted by molar-refractivity contribution is -0.133. The molecule has 0 amide bonds. The van der Waals surface area contributed by atoms with Crippen molar-refractivity contribution in [3.63, 3.8) is 0 Å². The second-order valence-corrected chi connectivity index (χ2v) is 5.88. The van der Waals surface area contributed by atoms with Gasteiger partial charge in [0, 0.05) is 17.5 Å². The lowest BCUT2D eigenvalue weighted by Gasteiger charge is -2.07. The second-order valence-electron chi connectivity index (χ2n) is 4.09. The molecule has 0 aromatic carbocycles. The van der Waals surface area contributed by atoms with Crippen molar-refractivity contribution in [2.45, 2.75) is 31.5 Å².